The van der Waals surface area contributed by atoms with E-state index in [1.165, 1.54) is 12.8 Å². The molecule has 0 bridgehead atoms. The third-order valence-corrected chi connectivity index (χ3v) is 3.83. The molecule has 114 valence electrons. The molecule has 1 aliphatic rings. The van der Waals surface area contributed by atoms with Crippen LogP contribution in [0.5, 0.6) is 11.5 Å². The van der Waals surface area contributed by atoms with Crippen LogP contribution in [0, 0.1) is 5.92 Å². The van der Waals surface area contributed by atoms with Crippen LogP contribution in [0.1, 0.15) is 24.8 Å². The van der Waals surface area contributed by atoms with Crippen molar-refractivity contribution in [3.05, 3.63) is 23.8 Å². The molecule has 0 saturated carbocycles. The monoisotopic (exact) mass is 300 g/mol. The summed E-state index contributed by atoms with van der Waals surface area (Å²) in [5, 5.41) is 9.80. The van der Waals surface area contributed by atoms with E-state index in [1.54, 1.807) is 13.2 Å². The van der Waals surface area contributed by atoms with E-state index in [2.05, 4.69) is 4.90 Å². The molecule has 0 aliphatic carbocycles. The number of methoxy groups -OCH3 is 1. The van der Waals surface area contributed by atoms with Crippen molar-refractivity contribution in [2.75, 3.05) is 26.7 Å². The highest BCUT2D eigenvalue weighted by molar-refractivity contribution is 5.85. The molecule has 0 amide bonds. The Hall–Kier alpha value is -0.970. The molecule has 0 aromatic heterocycles. The van der Waals surface area contributed by atoms with Crippen molar-refractivity contribution >= 4 is 12.4 Å². The number of phenolic OH excluding ortho intramolecular Hbond substituents is 1. The summed E-state index contributed by atoms with van der Waals surface area (Å²) < 4.78 is 5.06. The van der Waals surface area contributed by atoms with Crippen molar-refractivity contribution in [3.63, 3.8) is 0 Å². The molecule has 1 saturated heterocycles. The van der Waals surface area contributed by atoms with E-state index >= 15 is 0 Å². The predicted octanol–water partition coefficient (Wildman–Crippen LogP) is 2.38. The Morgan fingerprint density at radius 2 is 2.25 bits per heavy atom. The van der Waals surface area contributed by atoms with Gasteiger partial charge < -0.3 is 15.6 Å². The molecule has 1 atom stereocenters. The van der Waals surface area contributed by atoms with Gasteiger partial charge in [-0.2, -0.15) is 0 Å². The largest absolute Gasteiger partial charge is 0.504 e. The first-order chi connectivity index (χ1) is 9.22. The van der Waals surface area contributed by atoms with E-state index in [0.29, 0.717) is 5.75 Å². The summed E-state index contributed by atoms with van der Waals surface area (Å²) in [6, 6.07) is 5.64. The number of nitrogens with two attached hydrogens (primary N) is 1. The highest BCUT2D eigenvalue weighted by Gasteiger charge is 2.19. The summed E-state index contributed by atoms with van der Waals surface area (Å²) in [6.07, 6.45) is 3.65. The van der Waals surface area contributed by atoms with Crippen molar-refractivity contribution in [3.8, 4) is 11.5 Å². The van der Waals surface area contributed by atoms with E-state index in [9.17, 15) is 5.11 Å². The predicted molar refractivity (Wildman–Crippen MR) is 83.6 cm³/mol. The summed E-state index contributed by atoms with van der Waals surface area (Å²) >= 11 is 0. The molecule has 1 heterocycles. The summed E-state index contributed by atoms with van der Waals surface area (Å²) in [5.74, 6) is 1.48. The van der Waals surface area contributed by atoms with E-state index in [4.69, 9.17) is 10.5 Å². The lowest BCUT2D eigenvalue weighted by Gasteiger charge is -2.32. The van der Waals surface area contributed by atoms with Crippen LogP contribution in [-0.2, 0) is 6.54 Å². The fourth-order valence-corrected chi connectivity index (χ4v) is 2.86. The zero-order valence-electron chi connectivity index (χ0n) is 12.0. The number of halogens is 1. The van der Waals surface area contributed by atoms with Crippen LogP contribution in [0.4, 0.5) is 0 Å². The van der Waals surface area contributed by atoms with Gasteiger partial charge in [0, 0.05) is 13.1 Å². The van der Waals surface area contributed by atoms with Crippen LogP contribution < -0.4 is 10.5 Å². The van der Waals surface area contributed by atoms with Crippen LogP contribution in [0.2, 0.25) is 0 Å². The van der Waals surface area contributed by atoms with E-state index in [0.717, 1.165) is 44.1 Å². The zero-order valence-corrected chi connectivity index (χ0v) is 12.9. The van der Waals surface area contributed by atoms with Gasteiger partial charge in [-0.25, -0.2) is 0 Å². The Labute approximate surface area is 127 Å². The Morgan fingerprint density at radius 3 is 2.90 bits per heavy atom. The Bertz CT molecular complexity index is 413. The van der Waals surface area contributed by atoms with Gasteiger partial charge in [0.15, 0.2) is 11.5 Å². The SMILES string of the molecule is COc1ccc(CN2CCCC(CCN)C2)cc1O.Cl. The first kappa shape index (κ1) is 17.1. The Balaban J connectivity index is 0.00000200. The number of nitrogens with zero attached hydrogens (tertiary/aromatic N) is 1. The Kier molecular flexibility index (Phi) is 7.13. The van der Waals surface area contributed by atoms with Crippen molar-refractivity contribution in [1.82, 2.24) is 4.90 Å². The van der Waals surface area contributed by atoms with Crippen molar-refractivity contribution in [2.24, 2.45) is 11.7 Å². The molecule has 1 aliphatic heterocycles. The van der Waals surface area contributed by atoms with Crippen molar-refractivity contribution < 1.29 is 9.84 Å². The van der Waals surface area contributed by atoms with E-state index < -0.39 is 0 Å². The van der Waals surface area contributed by atoms with Gasteiger partial charge in [0.25, 0.3) is 0 Å². The molecule has 0 spiro atoms. The van der Waals surface area contributed by atoms with Gasteiger partial charge in [-0.3, -0.25) is 4.90 Å². The molecule has 0 radical (unpaired) electrons. The van der Waals surface area contributed by atoms with Gasteiger partial charge in [0.05, 0.1) is 7.11 Å². The summed E-state index contributed by atoms with van der Waals surface area (Å²) in [7, 11) is 1.57. The summed E-state index contributed by atoms with van der Waals surface area (Å²) in [4.78, 5) is 2.45. The molecule has 5 heteroatoms. The maximum absolute atomic E-state index is 9.80. The molecule has 4 nitrogen and oxygen atoms in total. The minimum absolute atomic E-state index is 0. The van der Waals surface area contributed by atoms with E-state index in [1.807, 2.05) is 12.1 Å². The van der Waals surface area contributed by atoms with Crippen LogP contribution in [0.25, 0.3) is 0 Å². The maximum Gasteiger partial charge on any atom is 0.160 e. The summed E-state index contributed by atoms with van der Waals surface area (Å²) in [6.45, 7) is 3.91. The quantitative estimate of drug-likeness (QED) is 0.876. The Morgan fingerprint density at radius 1 is 1.45 bits per heavy atom. The van der Waals surface area contributed by atoms with Crippen LogP contribution in [0.15, 0.2) is 18.2 Å². The molecule has 1 aromatic rings. The molecule has 20 heavy (non-hydrogen) atoms. The number of benzene rings is 1. The third-order valence-electron chi connectivity index (χ3n) is 3.83. The molecule has 1 fully saturated rings. The fraction of sp³-hybridized carbons (Fsp3) is 0.600. The maximum atomic E-state index is 9.80. The lowest BCUT2D eigenvalue weighted by Crippen LogP contribution is -2.35. The minimum Gasteiger partial charge on any atom is -0.504 e. The molecular formula is C15H25ClN2O2. The molecular weight excluding hydrogens is 276 g/mol. The molecule has 2 rings (SSSR count). The first-order valence-corrected chi connectivity index (χ1v) is 7.01. The van der Waals surface area contributed by atoms with Gasteiger partial charge in [-0.1, -0.05) is 6.07 Å². The lowest BCUT2D eigenvalue weighted by atomic mass is 9.94. The first-order valence-electron chi connectivity index (χ1n) is 7.01. The van der Waals surface area contributed by atoms with Gasteiger partial charge >= 0.3 is 0 Å². The standard InChI is InChI=1S/C15H24N2O2.ClH/c1-19-15-5-4-13(9-14(15)18)11-17-8-2-3-12(10-17)6-7-16;/h4-5,9,12,18H,2-3,6-8,10-11,16H2,1H3;1H. The number of aromatic hydroxyl groups is 1. The molecule has 1 unspecified atom stereocenters. The van der Waals surface area contributed by atoms with Crippen LogP contribution in [0.3, 0.4) is 0 Å². The number of hydrogen-bond acceptors (Lipinski definition) is 4. The second kappa shape index (κ2) is 8.35. The van der Waals surface area contributed by atoms with Crippen molar-refractivity contribution in [2.45, 2.75) is 25.8 Å². The number of hydrogen-bond donors (Lipinski definition) is 2. The highest BCUT2D eigenvalue weighted by atomic mass is 35.5. The number of phenols is 1. The van der Waals surface area contributed by atoms with Gasteiger partial charge in [-0.05, 0) is 56.0 Å². The fourth-order valence-electron chi connectivity index (χ4n) is 2.86. The topological polar surface area (TPSA) is 58.7 Å². The average molecular weight is 301 g/mol. The summed E-state index contributed by atoms with van der Waals surface area (Å²) in [5.41, 5.74) is 6.77. The van der Waals surface area contributed by atoms with Crippen LogP contribution >= 0.6 is 12.4 Å². The van der Waals surface area contributed by atoms with Gasteiger partial charge in [0.1, 0.15) is 0 Å². The smallest absolute Gasteiger partial charge is 0.160 e. The number of likely N-dealkylation sites (tertiary alicyclic amines) is 1. The second-order valence-corrected chi connectivity index (χ2v) is 5.33. The van der Waals surface area contributed by atoms with Gasteiger partial charge in [0.2, 0.25) is 0 Å². The molecule has 3 N–H and O–H groups in total. The number of ether oxygens (including phenoxy) is 1. The second-order valence-electron chi connectivity index (χ2n) is 5.33. The minimum atomic E-state index is 0. The average Bonchev–Trinajstić information content (AvgIpc) is 2.40. The highest BCUT2D eigenvalue weighted by Crippen LogP contribution is 2.28. The molecule has 1 aromatic carbocycles. The lowest BCUT2D eigenvalue weighted by molar-refractivity contribution is 0.163. The van der Waals surface area contributed by atoms with Crippen LogP contribution in [-0.4, -0.2) is 36.8 Å². The number of piperidine rings is 1. The van der Waals surface area contributed by atoms with Crippen molar-refractivity contribution in [1.29, 1.82) is 0 Å². The third kappa shape index (κ3) is 4.54. The number of rotatable bonds is 5. The normalized spacial score (nSPS) is 19.4. The zero-order chi connectivity index (χ0) is 13.7. The van der Waals surface area contributed by atoms with E-state index in [-0.39, 0.29) is 18.2 Å². The van der Waals surface area contributed by atoms with Gasteiger partial charge in [-0.15, -0.1) is 12.4 Å².